The molecule has 11 heavy (non-hydrogen) atoms. The van der Waals surface area contributed by atoms with Gasteiger partial charge in [-0.3, -0.25) is 0 Å². The van der Waals surface area contributed by atoms with E-state index in [-0.39, 0.29) is 7.12 Å². The molecule has 0 atom stereocenters. The molecule has 1 saturated heterocycles. The summed E-state index contributed by atoms with van der Waals surface area (Å²) in [6.07, 6.45) is 5.78. The molecule has 1 aliphatic rings. The summed E-state index contributed by atoms with van der Waals surface area (Å²) in [6, 6.07) is 0. The molecule has 1 fully saturated rings. The van der Waals surface area contributed by atoms with Gasteiger partial charge in [-0.1, -0.05) is 31.8 Å². The van der Waals surface area contributed by atoms with E-state index in [0.717, 1.165) is 19.6 Å². The van der Waals surface area contributed by atoms with Crippen molar-refractivity contribution in [2.45, 2.75) is 26.2 Å². The van der Waals surface area contributed by atoms with E-state index in [1.807, 2.05) is 5.98 Å². The summed E-state index contributed by atoms with van der Waals surface area (Å²) in [6.45, 7) is 3.67. The Morgan fingerprint density at radius 3 is 2.73 bits per heavy atom. The van der Waals surface area contributed by atoms with Gasteiger partial charge in [0.15, 0.2) is 0 Å². The number of rotatable bonds is 4. The third-order valence-corrected chi connectivity index (χ3v) is 1.67. The van der Waals surface area contributed by atoms with Crippen molar-refractivity contribution >= 4 is 7.12 Å². The molecule has 1 heterocycles. The van der Waals surface area contributed by atoms with Crippen LogP contribution in [0.5, 0.6) is 0 Å². The standard InChI is InChI=1S/C8H15BO2/c1-2-3-4-5-6-9-10-7-8-11-9/h5-6H,2-4,7-8H2,1H3. The van der Waals surface area contributed by atoms with E-state index >= 15 is 0 Å². The molecule has 0 saturated carbocycles. The van der Waals surface area contributed by atoms with Gasteiger partial charge in [0.25, 0.3) is 0 Å². The van der Waals surface area contributed by atoms with Crippen LogP contribution in [0.2, 0.25) is 0 Å². The van der Waals surface area contributed by atoms with Crippen molar-refractivity contribution in [3.8, 4) is 0 Å². The fourth-order valence-electron chi connectivity index (χ4n) is 1.02. The van der Waals surface area contributed by atoms with Crippen molar-refractivity contribution in [2.24, 2.45) is 0 Å². The minimum absolute atomic E-state index is 0.0631. The average molecular weight is 154 g/mol. The van der Waals surface area contributed by atoms with Gasteiger partial charge in [0, 0.05) is 0 Å². The Hall–Kier alpha value is -0.275. The van der Waals surface area contributed by atoms with Gasteiger partial charge in [-0.25, -0.2) is 0 Å². The van der Waals surface area contributed by atoms with E-state index in [9.17, 15) is 0 Å². The normalized spacial score (nSPS) is 18.5. The maximum atomic E-state index is 5.22. The Balaban J connectivity index is 2.03. The number of allylic oxidation sites excluding steroid dienone is 1. The first-order valence-corrected chi connectivity index (χ1v) is 4.33. The highest BCUT2D eigenvalue weighted by atomic mass is 16.6. The van der Waals surface area contributed by atoms with Crippen LogP contribution in [-0.4, -0.2) is 20.3 Å². The molecular weight excluding hydrogens is 139 g/mol. The highest BCUT2D eigenvalue weighted by Gasteiger charge is 2.18. The predicted octanol–water partition coefficient (Wildman–Crippen LogP) is 1.81. The Morgan fingerprint density at radius 2 is 2.09 bits per heavy atom. The zero-order valence-electron chi connectivity index (χ0n) is 7.08. The Kier molecular flexibility index (Phi) is 4.32. The molecule has 0 amide bonds. The van der Waals surface area contributed by atoms with Crippen LogP contribution in [0.1, 0.15) is 26.2 Å². The van der Waals surface area contributed by atoms with Crippen molar-refractivity contribution < 1.29 is 9.31 Å². The van der Waals surface area contributed by atoms with Crippen LogP contribution in [0.15, 0.2) is 12.1 Å². The average Bonchev–Trinajstić information content (AvgIpc) is 2.50. The summed E-state index contributed by atoms with van der Waals surface area (Å²) in [4.78, 5) is 0. The molecule has 0 spiro atoms. The zero-order valence-corrected chi connectivity index (χ0v) is 7.08. The number of hydrogen-bond donors (Lipinski definition) is 0. The third kappa shape index (κ3) is 3.58. The van der Waals surface area contributed by atoms with Crippen molar-refractivity contribution in [3.63, 3.8) is 0 Å². The lowest BCUT2D eigenvalue weighted by Gasteiger charge is -1.94. The van der Waals surface area contributed by atoms with Gasteiger partial charge in [0.1, 0.15) is 0 Å². The molecule has 0 unspecified atom stereocenters. The quantitative estimate of drug-likeness (QED) is 0.454. The van der Waals surface area contributed by atoms with Crippen LogP contribution in [0, 0.1) is 0 Å². The smallest absolute Gasteiger partial charge is 0.405 e. The molecule has 0 aromatic carbocycles. The van der Waals surface area contributed by atoms with Crippen molar-refractivity contribution in [2.75, 3.05) is 13.2 Å². The predicted molar refractivity (Wildman–Crippen MR) is 46.3 cm³/mol. The molecule has 1 rings (SSSR count). The first-order valence-electron chi connectivity index (χ1n) is 4.33. The van der Waals surface area contributed by atoms with Crippen molar-refractivity contribution in [1.29, 1.82) is 0 Å². The van der Waals surface area contributed by atoms with Gasteiger partial charge >= 0.3 is 7.12 Å². The van der Waals surface area contributed by atoms with E-state index in [0.29, 0.717) is 0 Å². The molecule has 0 aromatic rings. The van der Waals surface area contributed by atoms with E-state index in [1.165, 1.54) is 12.8 Å². The summed E-state index contributed by atoms with van der Waals surface area (Å²) >= 11 is 0. The van der Waals surface area contributed by atoms with Gasteiger partial charge < -0.3 is 9.31 Å². The van der Waals surface area contributed by atoms with E-state index in [2.05, 4.69) is 13.0 Å². The highest BCUT2D eigenvalue weighted by molar-refractivity contribution is 6.51. The summed E-state index contributed by atoms with van der Waals surface area (Å²) < 4.78 is 10.4. The van der Waals surface area contributed by atoms with Crippen molar-refractivity contribution in [3.05, 3.63) is 12.1 Å². The Labute approximate surface area is 68.7 Å². The summed E-state index contributed by atoms with van der Waals surface area (Å²) in [5.41, 5.74) is 0. The topological polar surface area (TPSA) is 18.5 Å². The number of hydrogen-bond acceptors (Lipinski definition) is 2. The zero-order chi connectivity index (χ0) is 7.94. The highest BCUT2D eigenvalue weighted by Crippen LogP contribution is 2.02. The first-order chi connectivity index (χ1) is 5.43. The molecule has 0 bridgehead atoms. The SMILES string of the molecule is CCCCC=CB1OCCO1. The molecule has 0 aromatic heterocycles. The Bertz CT molecular complexity index is 119. The monoisotopic (exact) mass is 154 g/mol. The fraction of sp³-hybridized carbons (Fsp3) is 0.750. The third-order valence-electron chi connectivity index (χ3n) is 1.67. The molecule has 62 valence electrons. The summed E-state index contributed by atoms with van der Waals surface area (Å²) in [7, 11) is -0.0631. The fourth-order valence-corrected chi connectivity index (χ4v) is 1.02. The van der Waals surface area contributed by atoms with E-state index in [1.54, 1.807) is 0 Å². The second kappa shape index (κ2) is 5.39. The summed E-state index contributed by atoms with van der Waals surface area (Å²) in [5.74, 6) is 2.00. The lowest BCUT2D eigenvalue weighted by molar-refractivity contribution is 0.365. The van der Waals surface area contributed by atoms with Crippen LogP contribution in [-0.2, 0) is 9.31 Å². The minimum Gasteiger partial charge on any atom is -0.405 e. The van der Waals surface area contributed by atoms with Crippen LogP contribution >= 0.6 is 0 Å². The van der Waals surface area contributed by atoms with Crippen molar-refractivity contribution in [1.82, 2.24) is 0 Å². The summed E-state index contributed by atoms with van der Waals surface area (Å²) in [5, 5.41) is 0. The van der Waals surface area contributed by atoms with E-state index < -0.39 is 0 Å². The van der Waals surface area contributed by atoms with Crippen LogP contribution in [0.3, 0.4) is 0 Å². The maximum absolute atomic E-state index is 5.22. The largest absolute Gasteiger partial charge is 0.485 e. The van der Waals surface area contributed by atoms with Crippen LogP contribution in [0.4, 0.5) is 0 Å². The molecule has 0 radical (unpaired) electrons. The maximum Gasteiger partial charge on any atom is 0.485 e. The molecular formula is C8H15BO2. The minimum atomic E-state index is -0.0631. The van der Waals surface area contributed by atoms with Crippen LogP contribution < -0.4 is 0 Å². The van der Waals surface area contributed by atoms with Gasteiger partial charge in [-0.15, -0.1) is 0 Å². The lowest BCUT2D eigenvalue weighted by Crippen LogP contribution is -2.09. The molecule has 3 heteroatoms. The molecule has 2 nitrogen and oxygen atoms in total. The first kappa shape index (κ1) is 8.82. The Morgan fingerprint density at radius 1 is 1.36 bits per heavy atom. The molecule has 0 aliphatic carbocycles. The lowest BCUT2D eigenvalue weighted by atomic mass is 9.90. The van der Waals surface area contributed by atoms with Gasteiger partial charge in [0.05, 0.1) is 13.2 Å². The van der Waals surface area contributed by atoms with E-state index in [4.69, 9.17) is 9.31 Å². The molecule has 0 N–H and O–H groups in total. The van der Waals surface area contributed by atoms with Gasteiger partial charge in [0.2, 0.25) is 0 Å². The second-order valence-corrected chi connectivity index (χ2v) is 2.68. The number of unbranched alkanes of at least 4 members (excludes halogenated alkanes) is 2. The van der Waals surface area contributed by atoms with Gasteiger partial charge in [-0.2, -0.15) is 0 Å². The molecule has 1 aliphatic heterocycles. The van der Waals surface area contributed by atoms with Crippen LogP contribution in [0.25, 0.3) is 0 Å². The van der Waals surface area contributed by atoms with Gasteiger partial charge in [-0.05, 0) is 6.42 Å². The second-order valence-electron chi connectivity index (χ2n) is 2.68.